The Bertz CT molecular complexity index is 752. The minimum atomic E-state index is -0.516. The molecule has 0 radical (unpaired) electrons. The van der Waals surface area contributed by atoms with Crippen molar-refractivity contribution in [1.82, 2.24) is 9.88 Å². The molecular weight excluding hydrogens is 316 g/mol. The van der Waals surface area contributed by atoms with E-state index < -0.39 is 5.97 Å². The van der Waals surface area contributed by atoms with Gasteiger partial charge in [0, 0.05) is 36.5 Å². The summed E-state index contributed by atoms with van der Waals surface area (Å²) in [6, 6.07) is 2.32. The number of hydrogen-bond donors (Lipinski definition) is 0. The zero-order valence-electron chi connectivity index (χ0n) is 15.6. The summed E-state index contributed by atoms with van der Waals surface area (Å²) in [5.74, 6) is -0.280. The molecule has 2 atom stereocenters. The van der Waals surface area contributed by atoms with E-state index in [0.29, 0.717) is 12.3 Å². The van der Waals surface area contributed by atoms with Gasteiger partial charge in [-0.2, -0.15) is 0 Å². The first-order valence-electron chi connectivity index (χ1n) is 9.00. The molecule has 5 heteroatoms. The molecule has 2 aliphatic rings. The number of Topliss-reactive ketones (excluding diaryl/α,β-unsaturated/α-hetero) is 1. The third kappa shape index (κ3) is 3.08. The van der Waals surface area contributed by atoms with Gasteiger partial charge < -0.3 is 9.64 Å². The molecule has 1 aromatic rings. The highest BCUT2D eigenvalue weighted by Crippen LogP contribution is 2.41. The van der Waals surface area contributed by atoms with Crippen LogP contribution < -0.4 is 0 Å². The van der Waals surface area contributed by atoms with Crippen molar-refractivity contribution in [1.29, 1.82) is 0 Å². The average Bonchev–Trinajstić information content (AvgIpc) is 2.55. The summed E-state index contributed by atoms with van der Waals surface area (Å²) in [6.45, 7) is 10.4. The first kappa shape index (κ1) is 17.6. The second-order valence-corrected chi connectivity index (χ2v) is 7.30. The molecule has 0 amide bonds. The van der Waals surface area contributed by atoms with Gasteiger partial charge in [-0.15, -0.1) is 0 Å². The standard InChI is InChI=1S/C20H26N2O3/c1-6-25-20(24)15-10-22-17(11(2)3)8-16-14(18(22)9-19(15)23)7-12(4)13(5)21-16/h7,10-11,17-18H,6,8-9H2,1-5H3. The molecule has 0 N–H and O–H groups in total. The number of pyridine rings is 1. The third-order valence-electron chi connectivity index (χ3n) is 5.31. The molecule has 3 heterocycles. The van der Waals surface area contributed by atoms with E-state index in [1.165, 1.54) is 0 Å². The Morgan fingerprint density at radius 2 is 2.08 bits per heavy atom. The largest absolute Gasteiger partial charge is 0.462 e. The van der Waals surface area contributed by atoms with Crippen molar-refractivity contribution < 1.29 is 14.3 Å². The maximum atomic E-state index is 12.6. The van der Waals surface area contributed by atoms with Gasteiger partial charge in [0.1, 0.15) is 5.57 Å². The van der Waals surface area contributed by atoms with E-state index in [4.69, 9.17) is 9.72 Å². The monoisotopic (exact) mass is 342 g/mol. The fourth-order valence-corrected chi connectivity index (χ4v) is 3.79. The van der Waals surface area contributed by atoms with E-state index in [-0.39, 0.29) is 30.0 Å². The number of ether oxygens (including phenoxy) is 1. The molecule has 0 spiro atoms. The summed E-state index contributed by atoms with van der Waals surface area (Å²) in [5.41, 5.74) is 4.55. The minimum Gasteiger partial charge on any atom is -0.462 e. The number of carbonyl (C=O) groups is 2. The molecule has 2 aliphatic heterocycles. The van der Waals surface area contributed by atoms with E-state index in [2.05, 4.69) is 24.8 Å². The first-order valence-corrected chi connectivity index (χ1v) is 9.00. The van der Waals surface area contributed by atoms with Crippen molar-refractivity contribution in [2.24, 2.45) is 5.92 Å². The normalized spacial score (nSPS) is 22.4. The minimum absolute atomic E-state index is 0.0476. The highest BCUT2D eigenvalue weighted by Gasteiger charge is 2.41. The van der Waals surface area contributed by atoms with Crippen LogP contribution in [0.2, 0.25) is 0 Å². The Hall–Kier alpha value is -2.17. The highest BCUT2D eigenvalue weighted by molar-refractivity contribution is 6.17. The molecule has 0 aliphatic carbocycles. The van der Waals surface area contributed by atoms with Gasteiger partial charge in [-0.1, -0.05) is 19.9 Å². The van der Waals surface area contributed by atoms with Crippen molar-refractivity contribution >= 4 is 11.8 Å². The van der Waals surface area contributed by atoms with Crippen molar-refractivity contribution in [2.75, 3.05) is 6.61 Å². The Balaban J connectivity index is 2.08. The number of hydrogen-bond acceptors (Lipinski definition) is 5. The van der Waals surface area contributed by atoms with Crippen molar-refractivity contribution in [3.8, 4) is 0 Å². The molecule has 1 aromatic heterocycles. The van der Waals surface area contributed by atoms with Gasteiger partial charge in [0.2, 0.25) is 0 Å². The number of carbonyl (C=O) groups excluding carboxylic acids is 2. The molecule has 0 bridgehead atoms. The third-order valence-corrected chi connectivity index (χ3v) is 5.31. The SMILES string of the molecule is CCOC(=O)C1=CN2C(CC1=O)c1cc(C)c(C)nc1CC2C(C)C. The van der Waals surface area contributed by atoms with E-state index in [1.54, 1.807) is 13.1 Å². The summed E-state index contributed by atoms with van der Waals surface area (Å²) in [5, 5.41) is 0. The number of rotatable bonds is 3. The second kappa shape index (κ2) is 6.62. The van der Waals surface area contributed by atoms with E-state index in [9.17, 15) is 9.59 Å². The summed E-state index contributed by atoms with van der Waals surface area (Å²) < 4.78 is 5.06. The number of aromatic nitrogens is 1. The number of ketones is 1. The zero-order chi connectivity index (χ0) is 18.3. The Morgan fingerprint density at radius 3 is 2.72 bits per heavy atom. The summed E-state index contributed by atoms with van der Waals surface area (Å²) in [4.78, 5) is 31.7. The molecule has 2 unspecified atom stereocenters. The van der Waals surface area contributed by atoms with Crippen LogP contribution in [0, 0.1) is 19.8 Å². The Morgan fingerprint density at radius 1 is 1.36 bits per heavy atom. The van der Waals surface area contributed by atoms with Gasteiger partial charge in [0.05, 0.1) is 12.6 Å². The van der Waals surface area contributed by atoms with Crippen LogP contribution in [0.25, 0.3) is 0 Å². The smallest absolute Gasteiger partial charge is 0.343 e. The molecule has 25 heavy (non-hydrogen) atoms. The predicted molar refractivity (Wildman–Crippen MR) is 95.0 cm³/mol. The highest BCUT2D eigenvalue weighted by atomic mass is 16.5. The zero-order valence-corrected chi connectivity index (χ0v) is 15.6. The first-order chi connectivity index (χ1) is 11.8. The quantitative estimate of drug-likeness (QED) is 0.624. The van der Waals surface area contributed by atoms with Gasteiger partial charge in [0.15, 0.2) is 5.78 Å². The van der Waals surface area contributed by atoms with E-state index in [1.807, 2.05) is 13.8 Å². The summed E-state index contributed by atoms with van der Waals surface area (Å²) in [6.07, 6.45) is 2.85. The number of aryl methyl sites for hydroxylation is 2. The lowest BCUT2D eigenvalue weighted by Crippen LogP contribution is -2.47. The van der Waals surface area contributed by atoms with Crippen LogP contribution in [0.4, 0.5) is 0 Å². The van der Waals surface area contributed by atoms with Crippen LogP contribution in [0.1, 0.15) is 55.7 Å². The van der Waals surface area contributed by atoms with Crippen molar-refractivity contribution in [2.45, 2.75) is 59.5 Å². The molecule has 5 nitrogen and oxygen atoms in total. The van der Waals surface area contributed by atoms with E-state index >= 15 is 0 Å². The Kier molecular flexibility index (Phi) is 4.67. The Labute approximate surface area is 149 Å². The van der Waals surface area contributed by atoms with Crippen LogP contribution in [0.3, 0.4) is 0 Å². The molecule has 0 aromatic carbocycles. The van der Waals surface area contributed by atoms with Gasteiger partial charge in [-0.05, 0) is 37.8 Å². The lowest BCUT2D eigenvalue weighted by atomic mass is 9.81. The van der Waals surface area contributed by atoms with Crippen LogP contribution in [-0.4, -0.2) is 34.3 Å². The van der Waals surface area contributed by atoms with Crippen LogP contribution in [-0.2, 0) is 20.7 Å². The average molecular weight is 342 g/mol. The molecule has 134 valence electrons. The van der Waals surface area contributed by atoms with Crippen LogP contribution >= 0.6 is 0 Å². The van der Waals surface area contributed by atoms with Gasteiger partial charge in [-0.25, -0.2) is 4.79 Å². The van der Waals surface area contributed by atoms with Crippen molar-refractivity contribution in [3.05, 3.63) is 40.4 Å². The molecule has 0 fully saturated rings. The molecule has 0 saturated heterocycles. The molecular formula is C20H26N2O3. The number of nitrogens with zero attached hydrogens (tertiary/aromatic N) is 2. The maximum absolute atomic E-state index is 12.6. The fraction of sp³-hybridized carbons (Fsp3) is 0.550. The van der Waals surface area contributed by atoms with Gasteiger partial charge in [0.25, 0.3) is 0 Å². The maximum Gasteiger partial charge on any atom is 0.343 e. The lowest BCUT2D eigenvalue weighted by Gasteiger charge is -2.46. The van der Waals surface area contributed by atoms with Gasteiger partial charge in [-0.3, -0.25) is 9.78 Å². The fourth-order valence-electron chi connectivity index (χ4n) is 3.79. The van der Waals surface area contributed by atoms with E-state index in [0.717, 1.165) is 28.9 Å². The van der Waals surface area contributed by atoms with Crippen LogP contribution in [0.5, 0.6) is 0 Å². The molecule has 0 saturated carbocycles. The number of esters is 1. The van der Waals surface area contributed by atoms with Crippen molar-refractivity contribution in [3.63, 3.8) is 0 Å². The number of fused-ring (bicyclic) bond motifs is 3. The van der Waals surface area contributed by atoms with Gasteiger partial charge >= 0.3 is 5.97 Å². The summed E-state index contributed by atoms with van der Waals surface area (Å²) >= 11 is 0. The molecule has 3 rings (SSSR count). The topological polar surface area (TPSA) is 59.5 Å². The van der Waals surface area contributed by atoms with Crippen LogP contribution in [0.15, 0.2) is 17.8 Å². The summed E-state index contributed by atoms with van der Waals surface area (Å²) in [7, 11) is 0. The lowest BCUT2D eigenvalue weighted by molar-refractivity contribution is -0.140. The second-order valence-electron chi connectivity index (χ2n) is 7.30. The predicted octanol–water partition coefficient (Wildman–Crippen LogP) is 3.04.